The van der Waals surface area contributed by atoms with Crippen LogP contribution in [0.3, 0.4) is 0 Å². The molecule has 2 amide bonds. The topological polar surface area (TPSA) is 66.9 Å². The van der Waals surface area contributed by atoms with E-state index in [2.05, 4.69) is 0 Å². The van der Waals surface area contributed by atoms with Gasteiger partial charge >= 0.3 is 5.97 Å². The van der Waals surface area contributed by atoms with E-state index in [4.69, 9.17) is 4.74 Å². The van der Waals surface area contributed by atoms with E-state index in [1.54, 1.807) is 4.90 Å². The van der Waals surface area contributed by atoms with Gasteiger partial charge in [0.05, 0.1) is 12.0 Å². The minimum Gasteiger partial charge on any atom is -0.465 e. The summed E-state index contributed by atoms with van der Waals surface area (Å²) in [5.74, 6) is 0.0344. The van der Waals surface area contributed by atoms with Gasteiger partial charge in [-0.25, -0.2) is 0 Å². The van der Waals surface area contributed by atoms with Crippen LogP contribution in [0.25, 0.3) is 0 Å². The number of hydrogen-bond acceptors (Lipinski definition) is 4. The molecule has 3 heterocycles. The van der Waals surface area contributed by atoms with Gasteiger partial charge < -0.3 is 14.5 Å². The van der Waals surface area contributed by atoms with Gasteiger partial charge in [-0.1, -0.05) is 30.3 Å². The van der Waals surface area contributed by atoms with E-state index in [0.29, 0.717) is 38.8 Å². The molecule has 0 aromatic heterocycles. The van der Waals surface area contributed by atoms with Crippen LogP contribution in [-0.2, 0) is 25.5 Å². The van der Waals surface area contributed by atoms with Gasteiger partial charge in [-0.15, -0.1) is 0 Å². The Balaban J connectivity index is 1.52. The second-order valence-corrected chi connectivity index (χ2v) is 8.53. The maximum absolute atomic E-state index is 13.1. The quantitative estimate of drug-likeness (QED) is 0.662. The fraction of sp³-hybridized carbons (Fsp3) is 0.609. The van der Waals surface area contributed by atoms with Crippen LogP contribution >= 0.6 is 0 Å². The Bertz CT molecular complexity index is 780. The largest absolute Gasteiger partial charge is 0.465 e. The number of esters is 1. The van der Waals surface area contributed by atoms with Crippen molar-refractivity contribution in [3.63, 3.8) is 0 Å². The maximum Gasteiger partial charge on any atom is 0.314 e. The van der Waals surface area contributed by atoms with Crippen LogP contribution in [0.5, 0.6) is 0 Å². The zero-order valence-electron chi connectivity index (χ0n) is 17.1. The average Bonchev–Trinajstić information content (AvgIpc) is 3.40. The zero-order chi connectivity index (χ0) is 20.4. The third-order valence-electron chi connectivity index (χ3n) is 6.84. The smallest absolute Gasteiger partial charge is 0.314 e. The summed E-state index contributed by atoms with van der Waals surface area (Å²) in [5.41, 5.74) is 0.433. The minimum atomic E-state index is -0.667. The highest BCUT2D eigenvalue weighted by Crippen LogP contribution is 2.52. The molecule has 0 saturated carbocycles. The molecule has 1 aromatic rings. The number of carbonyl (C=O) groups excluding carboxylic acids is 3. The van der Waals surface area contributed by atoms with Crippen LogP contribution in [0.15, 0.2) is 30.3 Å². The van der Waals surface area contributed by atoms with Gasteiger partial charge in [-0.05, 0) is 44.6 Å². The number of amides is 2. The lowest BCUT2D eigenvalue weighted by Crippen LogP contribution is -2.47. The van der Waals surface area contributed by atoms with Gasteiger partial charge in [-0.2, -0.15) is 0 Å². The minimum absolute atomic E-state index is 0.0661. The first-order valence-corrected chi connectivity index (χ1v) is 10.9. The number of fused-ring (bicyclic) bond motifs is 2. The predicted molar refractivity (Wildman–Crippen MR) is 108 cm³/mol. The first kappa shape index (κ1) is 19.9. The molecule has 6 nitrogen and oxygen atoms in total. The van der Waals surface area contributed by atoms with Crippen molar-refractivity contribution < 1.29 is 19.1 Å². The summed E-state index contributed by atoms with van der Waals surface area (Å²) in [7, 11) is 0. The second-order valence-electron chi connectivity index (χ2n) is 8.53. The van der Waals surface area contributed by atoms with Crippen molar-refractivity contribution in [1.82, 2.24) is 9.80 Å². The van der Waals surface area contributed by atoms with Crippen molar-refractivity contribution in [3.05, 3.63) is 35.9 Å². The first-order valence-electron chi connectivity index (χ1n) is 10.9. The van der Waals surface area contributed by atoms with Gasteiger partial charge in [0, 0.05) is 38.0 Å². The predicted octanol–water partition coefficient (Wildman–Crippen LogP) is 2.55. The molecular weight excluding hydrogens is 368 g/mol. The Kier molecular flexibility index (Phi) is 5.61. The third kappa shape index (κ3) is 3.65. The average molecular weight is 399 g/mol. The van der Waals surface area contributed by atoms with E-state index >= 15 is 0 Å². The highest BCUT2D eigenvalue weighted by atomic mass is 16.5. The highest BCUT2D eigenvalue weighted by molar-refractivity contribution is 5.85. The molecule has 0 radical (unpaired) electrons. The Morgan fingerprint density at radius 1 is 1.21 bits per heavy atom. The number of rotatable bonds is 7. The third-order valence-corrected chi connectivity index (χ3v) is 6.84. The number of likely N-dealkylation sites (tertiary alicyclic amines) is 1. The van der Waals surface area contributed by atoms with Gasteiger partial charge in [-0.3, -0.25) is 14.4 Å². The van der Waals surface area contributed by atoms with Crippen LogP contribution in [0.4, 0.5) is 0 Å². The number of nitrogens with zero attached hydrogens (tertiary/aromatic N) is 2. The van der Waals surface area contributed by atoms with Crippen LogP contribution in [0, 0.1) is 5.41 Å². The van der Waals surface area contributed by atoms with E-state index in [-0.39, 0.29) is 29.9 Å². The molecular formula is C23H30N2O4. The molecule has 156 valence electrons. The lowest BCUT2D eigenvalue weighted by Gasteiger charge is -2.35. The van der Waals surface area contributed by atoms with Crippen molar-refractivity contribution in [1.29, 1.82) is 0 Å². The lowest BCUT2D eigenvalue weighted by atomic mass is 9.70. The van der Waals surface area contributed by atoms with Gasteiger partial charge in [0.1, 0.15) is 0 Å². The molecule has 29 heavy (non-hydrogen) atoms. The number of benzene rings is 1. The fourth-order valence-corrected chi connectivity index (χ4v) is 5.58. The molecule has 0 unspecified atom stereocenters. The molecule has 2 bridgehead atoms. The highest BCUT2D eigenvalue weighted by Gasteiger charge is 2.61. The second kappa shape index (κ2) is 8.17. The molecule has 3 saturated heterocycles. The summed E-state index contributed by atoms with van der Waals surface area (Å²) in [6.45, 7) is 3.41. The molecule has 3 atom stereocenters. The Morgan fingerprint density at radius 2 is 2.00 bits per heavy atom. The molecule has 0 spiro atoms. The van der Waals surface area contributed by atoms with Crippen molar-refractivity contribution >= 4 is 17.8 Å². The maximum atomic E-state index is 13.1. The molecule has 1 aromatic carbocycles. The van der Waals surface area contributed by atoms with E-state index in [9.17, 15) is 14.4 Å². The SMILES string of the molecule is CCOC(=O)[C@@]1(Cc2ccccc2)C[C@H]2CC[C@@H]1N2C(=O)CCN1CCCC1=O. The van der Waals surface area contributed by atoms with Crippen LogP contribution in [-0.4, -0.2) is 59.4 Å². The summed E-state index contributed by atoms with van der Waals surface area (Å²) < 4.78 is 5.51. The fourth-order valence-electron chi connectivity index (χ4n) is 5.58. The monoisotopic (exact) mass is 398 g/mol. The van der Waals surface area contributed by atoms with Crippen LogP contribution in [0.1, 0.15) is 51.0 Å². The van der Waals surface area contributed by atoms with E-state index in [0.717, 1.165) is 31.4 Å². The number of hydrogen-bond donors (Lipinski definition) is 0. The van der Waals surface area contributed by atoms with Crippen LogP contribution < -0.4 is 0 Å². The van der Waals surface area contributed by atoms with Gasteiger partial charge in [0.25, 0.3) is 0 Å². The zero-order valence-corrected chi connectivity index (χ0v) is 17.1. The molecule has 0 N–H and O–H groups in total. The molecule has 6 heteroatoms. The van der Waals surface area contributed by atoms with E-state index in [1.807, 2.05) is 42.2 Å². The molecule has 3 aliphatic rings. The van der Waals surface area contributed by atoms with Crippen molar-refractivity contribution in [2.24, 2.45) is 5.41 Å². The number of ether oxygens (including phenoxy) is 1. The lowest BCUT2D eigenvalue weighted by molar-refractivity contribution is -0.158. The van der Waals surface area contributed by atoms with Crippen molar-refractivity contribution in [2.45, 2.75) is 64.0 Å². The normalized spacial score (nSPS) is 28.2. The Morgan fingerprint density at radius 3 is 2.69 bits per heavy atom. The molecule has 0 aliphatic carbocycles. The summed E-state index contributed by atoms with van der Waals surface area (Å²) >= 11 is 0. The molecule has 3 fully saturated rings. The molecule has 4 rings (SSSR count). The van der Waals surface area contributed by atoms with E-state index in [1.165, 1.54) is 0 Å². The van der Waals surface area contributed by atoms with E-state index < -0.39 is 5.41 Å². The van der Waals surface area contributed by atoms with Crippen molar-refractivity contribution in [3.8, 4) is 0 Å². The van der Waals surface area contributed by atoms with Crippen LogP contribution in [0.2, 0.25) is 0 Å². The standard InChI is InChI=1S/C23H30N2O4/c1-2-29-22(28)23(15-17-7-4-3-5-8-17)16-18-10-11-19(23)25(18)21(27)12-14-24-13-6-9-20(24)26/h3-5,7-8,18-19H,2,6,9-16H2,1H3/t18-,19+,23+/m1/s1. The number of carbonyl (C=O) groups is 3. The Hall–Kier alpha value is -2.37. The summed E-state index contributed by atoms with van der Waals surface area (Å²) in [6.07, 6.45) is 4.85. The Labute approximate surface area is 172 Å². The van der Waals surface area contributed by atoms with Gasteiger partial charge in [0.15, 0.2) is 0 Å². The summed E-state index contributed by atoms with van der Waals surface area (Å²) in [4.78, 5) is 41.9. The first-order chi connectivity index (χ1) is 14.0. The molecule has 3 aliphatic heterocycles. The summed E-state index contributed by atoms with van der Waals surface area (Å²) in [5, 5.41) is 0. The van der Waals surface area contributed by atoms with Gasteiger partial charge in [0.2, 0.25) is 11.8 Å². The van der Waals surface area contributed by atoms with Crippen molar-refractivity contribution in [2.75, 3.05) is 19.7 Å². The summed E-state index contributed by atoms with van der Waals surface area (Å²) in [6, 6.07) is 9.99.